The largest absolute Gasteiger partial charge is 0.385 e. The number of nitrogens with one attached hydrogen (secondary N) is 1. The van der Waals surface area contributed by atoms with Crippen LogP contribution in [0, 0.1) is 0 Å². The Hall–Kier alpha value is -1.84. The summed E-state index contributed by atoms with van der Waals surface area (Å²) in [5.41, 5.74) is 3.88. The van der Waals surface area contributed by atoms with Crippen LogP contribution in [0.5, 0.6) is 0 Å². The van der Waals surface area contributed by atoms with Crippen LogP contribution in [0.3, 0.4) is 0 Å². The number of hydrogen-bond acceptors (Lipinski definition) is 3. The molecular formula is C17H22N4. The van der Waals surface area contributed by atoms with Crippen molar-refractivity contribution in [3.8, 4) is 11.4 Å². The topological polar surface area (TPSA) is 42.7 Å². The number of hydrogen-bond donors (Lipinski definition) is 1. The number of fused-ring (bicyclic) bond motifs is 1. The SMILES string of the molecule is Cn1nc(C2CCCC2)nc1-c1ccc2c(c1)CCCN2. The molecule has 4 heteroatoms. The van der Waals surface area contributed by atoms with Gasteiger partial charge >= 0.3 is 0 Å². The van der Waals surface area contributed by atoms with Gasteiger partial charge in [0.1, 0.15) is 0 Å². The van der Waals surface area contributed by atoms with Crippen molar-refractivity contribution in [1.29, 1.82) is 0 Å². The summed E-state index contributed by atoms with van der Waals surface area (Å²) in [6.45, 7) is 1.09. The van der Waals surface area contributed by atoms with Gasteiger partial charge in [0.2, 0.25) is 0 Å². The summed E-state index contributed by atoms with van der Waals surface area (Å²) in [7, 11) is 2.01. The van der Waals surface area contributed by atoms with Crippen LogP contribution >= 0.6 is 0 Å². The Morgan fingerprint density at radius 3 is 2.90 bits per heavy atom. The lowest BCUT2D eigenvalue weighted by molar-refractivity contribution is 0.648. The molecule has 1 fully saturated rings. The highest BCUT2D eigenvalue weighted by atomic mass is 15.3. The molecule has 0 bridgehead atoms. The van der Waals surface area contributed by atoms with Gasteiger partial charge in [-0.2, -0.15) is 5.10 Å². The smallest absolute Gasteiger partial charge is 0.158 e. The van der Waals surface area contributed by atoms with E-state index in [1.165, 1.54) is 48.9 Å². The Morgan fingerprint density at radius 2 is 2.05 bits per heavy atom. The van der Waals surface area contributed by atoms with E-state index in [-0.39, 0.29) is 0 Å². The number of anilines is 1. The molecule has 0 atom stereocenters. The Labute approximate surface area is 125 Å². The molecule has 1 saturated carbocycles. The lowest BCUT2D eigenvalue weighted by atomic mass is 10.0. The van der Waals surface area contributed by atoms with Gasteiger partial charge in [-0.3, -0.25) is 0 Å². The molecule has 1 aliphatic heterocycles. The van der Waals surface area contributed by atoms with E-state index in [4.69, 9.17) is 4.98 Å². The molecule has 1 aromatic carbocycles. The number of nitrogens with zero attached hydrogens (tertiary/aromatic N) is 3. The van der Waals surface area contributed by atoms with Gasteiger partial charge in [-0.1, -0.05) is 12.8 Å². The van der Waals surface area contributed by atoms with Gasteiger partial charge in [0.25, 0.3) is 0 Å². The van der Waals surface area contributed by atoms with Crippen molar-refractivity contribution in [2.75, 3.05) is 11.9 Å². The molecule has 1 aromatic heterocycles. The van der Waals surface area contributed by atoms with Gasteiger partial charge in [0.05, 0.1) is 0 Å². The van der Waals surface area contributed by atoms with Gasteiger partial charge in [-0.15, -0.1) is 0 Å². The van der Waals surface area contributed by atoms with Crippen molar-refractivity contribution in [2.24, 2.45) is 7.05 Å². The summed E-state index contributed by atoms with van der Waals surface area (Å²) in [6.07, 6.45) is 7.51. The number of aromatic nitrogens is 3. The Kier molecular flexibility index (Phi) is 3.17. The molecule has 0 unspecified atom stereocenters. The first kappa shape index (κ1) is 12.9. The predicted molar refractivity (Wildman–Crippen MR) is 84.5 cm³/mol. The maximum Gasteiger partial charge on any atom is 0.158 e. The molecule has 0 amide bonds. The monoisotopic (exact) mass is 282 g/mol. The maximum absolute atomic E-state index is 4.84. The summed E-state index contributed by atoms with van der Waals surface area (Å²) in [5.74, 6) is 2.62. The quantitative estimate of drug-likeness (QED) is 0.916. The molecule has 21 heavy (non-hydrogen) atoms. The average molecular weight is 282 g/mol. The summed E-state index contributed by atoms with van der Waals surface area (Å²) < 4.78 is 1.95. The van der Waals surface area contributed by atoms with Crippen LogP contribution < -0.4 is 5.32 Å². The summed E-state index contributed by atoms with van der Waals surface area (Å²) in [6, 6.07) is 6.64. The van der Waals surface area contributed by atoms with E-state index < -0.39 is 0 Å². The normalized spacial score (nSPS) is 18.5. The Morgan fingerprint density at radius 1 is 1.19 bits per heavy atom. The van der Waals surface area contributed by atoms with Crippen molar-refractivity contribution in [3.63, 3.8) is 0 Å². The van der Waals surface area contributed by atoms with Crippen LogP contribution in [0.25, 0.3) is 11.4 Å². The Balaban J connectivity index is 1.69. The molecule has 0 spiro atoms. The van der Waals surface area contributed by atoms with Crippen molar-refractivity contribution in [2.45, 2.75) is 44.4 Å². The van der Waals surface area contributed by atoms with E-state index in [1.807, 2.05) is 11.7 Å². The van der Waals surface area contributed by atoms with E-state index in [2.05, 4.69) is 28.6 Å². The molecule has 110 valence electrons. The van der Waals surface area contributed by atoms with E-state index in [0.717, 1.165) is 24.6 Å². The molecule has 2 aliphatic rings. The molecule has 0 saturated heterocycles. The van der Waals surface area contributed by atoms with Crippen LogP contribution in [0.4, 0.5) is 5.69 Å². The van der Waals surface area contributed by atoms with Crippen LogP contribution in [0.1, 0.15) is 49.4 Å². The fourth-order valence-electron chi connectivity index (χ4n) is 3.63. The van der Waals surface area contributed by atoms with Crippen LogP contribution in [-0.4, -0.2) is 21.3 Å². The molecule has 1 N–H and O–H groups in total. The lowest BCUT2D eigenvalue weighted by Crippen LogP contribution is -2.11. The zero-order valence-corrected chi connectivity index (χ0v) is 12.6. The third-order valence-corrected chi connectivity index (χ3v) is 4.80. The average Bonchev–Trinajstić information content (AvgIpc) is 3.16. The first-order valence-corrected chi connectivity index (χ1v) is 8.09. The lowest BCUT2D eigenvalue weighted by Gasteiger charge is -2.18. The number of benzene rings is 1. The zero-order chi connectivity index (χ0) is 14.2. The minimum Gasteiger partial charge on any atom is -0.385 e. The van der Waals surface area contributed by atoms with Gasteiger partial charge in [0.15, 0.2) is 11.6 Å². The van der Waals surface area contributed by atoms with E-state index in [0.29, 0.717) is 5.92 Å². The van der Waals surface area contributed by atoms with Crippen molar-refractivity contribution < 1.29 is 0 Å². The second-order valence-corrected chi connectivity index (χ2v) is 6.30. The van der Waals surface area contributed by atoms with Crippen LogP contribution in [-0.2, 0) is 13.5 Å². The van der Waals surface area contributed by atoms with Crippen molar-refractivity contribution in [1.82, 2.24) is 14.8 Å². The van der Waals surface area contributed by atoms with Gasteiger partial charge in [-0.05, 0) is 49.4 Å². The molecule has 4 rings (SSSR count). The summed E-state index contributed by atoms with van der Waals surface area (Å²) in [4.78, 5) is 4.84. The second-order valence-electron chi connectivity index (χ2n) is 6.30. The highest BCUT2D eigenvalue weighted by Gasteiger charge is 2.23. The first-order chi connectivity index (χ1) is 10.3. The molecule has 2 heterocycles. The van der Waals surface area contributed by atoms with Gasteiger partial charge < -0.3 is 5.32 Å². The van der Waals surface area contributed by atoms with Crippen molar-refractivity contribution in [3.05, 3.63) is 29.6 Å². The minimum absolute atomic E-state index is 0.573. The van der Waals surface area contributed by atoms with Gasteiger partial charge in [-0.25, -0.2) is 9.67 Å². The fourth-order valence-corrected chi connectivity index (χ4v) is 3.63. The minimum atomic E-state index is 0.573. The maximum atomic E-state index is 4.84. The number of aryl methyl sites for hydroxylation is 2. The third-order valence-electron chi connectivity index (χ3n) is 4.80. The van der Waals surface area contributed by atoms with Crippen LogP contribution in [0.15, 0.2) is 18.2 Å². The molecule has 1 aliphatic carbocycles. The molecule has 0 radical (unpaired) electrons. The number of rotatable bonds is 2. The predicted octanol–water partition coefficient (Wildman–Crippen LogP) is 3.50. The van der Waals surface area contributed by atoms with E-state index in [1.54, 1.807) is 0 Å². The third kappa shape index (κ3) is 2.33. The highest BCUT2D eigenvalue weighted by molar-refractivity contribution is 5.64. The fraction of sp³-hybridized carbons (Fsp3) is 0.529. The zero-order valence-electron chi connectivity index (χ0n) is 12.6. The highest BCUT2D eigenvalue weighted by Crippen LogP contribution is 2.34. The van der Waals surface area contributed by atoms with Gasteiger partial charge in [0, 0.05) is 30.8 Å². The first-order valence-electron chi connectivity index (χ1n) is 8.09. The van der Waals surface area contributed by atoms with E-state index >= 15 is 0 Å². The van der Waals surface area contributed by atoms with Crippen molar-refractivity contribution >= 4 is 5.69 Å². The Bertz CT molecular complexity index is 653. The van der Waals surface area contributed by atoms with Crippen LogP contribution in [0.2, 0.25) is 0 Å². The molecule has 2 aromatic rings. The second kappa shape index (κ2) is 5.17. The molecule has 4 nitrogen and oxygen atoms in total. The molecular weight excluding hydrogens is 260 g/mol. The standard InChI is InChI=1S/C17H22N4/c1-21-17(19-16(20-21)12-5-2-3-6-12)14-8-9-15-13(11-14)7-4-10-18-15/h8-9,11-12,18H,2-7,10H2,1H3. The summed E-state index contributed by atoms with van der Waals surface area (Å²) >= 11 is 0. The summed E-state index contributed by atoms with van der Waals surface area (Å²) in [5, 5.41) is 8.13. The van der Waals surface area contributed by atoms with E-state index in [9.17, 15) is 0 Å².